The Hall–Kier alpha value is -1.35. The largest absolute Gasteiger partial charge is 0.468 e. The molecule has 86 valence electrons. The Morgan fingerprint density at radius 2 is 2.19 bits per heavy atom. The molecule has 0 radical (unpaired) electrons. The number of esters is 1. The predicted molar refractivity (Wildman–Crippen MR) is 62.1 cm³/mol. The van der Waals surface area contributed by atoms with Crippen LogP contribution in [0.3, 0.4) is 0 Å². The molecule has 1 heterocycles. The molecule has 0 saturated carbocycles. The molecule has 1 fully saturated rings. The van der Waals surface area contributed by atoms with Crippen LogP contribution >= 0.6 is 0 Å². The van der Waals surface area contributed by atoms with E-state index in [1.807, 2.05) is 6.07 Å². The van der Waals surface area contributed by atoms with Gasteiger partial charge in [0.1, 0.15) is 6.04 Å². The first-order valence-electron chi connectivity index (χ1n) is 5.64. The van der Waals surface area contributed by atoms with Crippen molar-refractivity contribution in [3.63, 3.8) is 0 Å². The number of methoxy groups -OCH3 is 1. The fraction of sp³-hybridized carbons (Fsp3) is 0.462. The van der Waals surface area contributed by atoms with E-state index in [2.05, 4.69) is 29.6 Å². The van der Waals surface area contributed by atoms with Crippen molar-refractivity contribution in [1.29, 1.82) is 0 Å². The van der Waals surface area contributed by atoms with Crippen molar-refractivity contribution >= 4 is 5.97 Å². The van der Waals surface area contributed by atoms with Gasteiger partial charge in [-0.2, -0.15) is 0 Å². The minimum absolute atomic E-state index is 0.112. The molecule has 3 nitrogen and oxygen atoms in total. The monoisotopic (exact) mass is 219 g/mol. The SMILES string of the molecule is COC(=O)C1CC(Cc2ccccc2)CN1. The lowest BCUT2D eigenvalue weighted by molar-refractivity contribution is -0.142. The lowest BCUT2D eigenvalue weighted by Crippen LogP contribution is -2.31. The summed E-state index contributed by atoms with van der Waals surface area (Å²) in [4.78, 5) is 11.3. The zero-order valence-electron chi connectivity index (χ0n) is 9.48. The average molecular weight is 219 g/mol. The Labute approximate surface area is 95.8 Å². The van der Waals surface area contributed by atoms with E-state index < -0.39 is 0 Å². The maximum Gasteiger partial charge on any atom is 0.322 e. The van der Waals surface area contributed by atoms with Crippen LogP contribution in [0.5, 0.6) is 0 Å². The second-order valence-corrected chi connectivity index (χ2v) is 4.28. The van der Waals surface area contributed by atoms with Crippen molar-refractivity contribution < 1.29 is 9.53 Å². The van der Waals surface area contributed by atoms with Crippen LogP contribution in [0.4, 0.5) is 0 Å². The Morgan fingerprint density at radius 1 is 1.44 bits per heavy atom. The molecule has 2 rings (SSSR count). The van der Waals surface area contributed by atoms with Gasteiger partial charge in [0, 0.05) is 0 Å². The van der Waals surface area contributed by atoms with Crippen LogP contribution < -0.4 is 5.32 Å². The van der Waals surface area contributed by atoms with Crippen LogP contribution in [0.1, 0.15) is 12.0 Å². The average Bonchev–Trinajstić information content (AvgIpc) is 2.78. The van der Waals surface area contributed by atoms with E-state index in [1.54, 1.807) is 0 Å². The lowest BCUT2D eigenvalue weighted by Gasteiger charge is -2.08. The molecule has 2 unspecified atom stereocenters. The van der Waals surface area contributed by atoms with Crippen molar-refractivity contribution in [3.05, 3.63) is 35.9 Å². The molecule has 1 saturated heterocycles. The molecule has 0 amide bonds. The molecule has 1 aliphatic rings. The Balaban J connectivity index is 1.88. The van der Waals surface area contributed by atoms with Crippen molar-refractivity contribution in [2.75, 3.05) is 13.7 Å². The minimum atomic E-state index is -0.143. The second-order valence-electron chi connectivity index (χ2n) is 4.28. The molecule has 0 bridgehead atoms. The van der Waals surface area contributed by atoms with Gasteiger partial charge in [-0.25, -0.2) is 0 Å². The molecule has 16 heavy (non-hydrogen) atoms. The third kappa shape index (κ3) is 2.61. The van der Waals surface area contributed by atoms with Gasteiger partial charge in [-0.15, -0.1) is 0 Å². The summed E-state index contributed by atoms with van der Waals surface area (Å²) in [5, 5.41) is 3.20. The highest BCUT2D eigenvalue weighted by Gasteiger charge is 2.29. The molecule has 0 aliphatic carbocycles. The van der Waals surface area contributed by atoms with E-state index in [-0.39, 0.29) is 12.0 Å². The zero-order chi connectivity index (χ0) is 11.4. The molecular formula is C13H17NO2. The van der Waals surface area contributed by atoms with Gasteiger partial charge >= 0.3 is 5.97 Å². The second kappa shape index (κ2) is 5.12. The summed E-state index contributed by atoms with van der Waals surface area (Å²) in [5.41, 5.74) is 1.33. The number of benzene rings is 1. The van der Waals surface area contributed by atoms with Gasteiger partial charge in [0.25, 0.3) is 0 Å². The number of hydrogen-bond donors (Lipinski definition) is 1. The summed E-state index contributed by atoms with van der Waals surface area (Å²) >= 11 is 0. The highest BCUT2D eigenvalue weighted by Crippen LogP contribution is 2.19. The number of carbonyl (C=O) groups excluding carboxylic acids is 1. The first-order valence-corrected chi connectivity index (χ1v) is 5.64. The maximum absolute atomic E-state index is 11.3. The zero-order valence-corrected chi connectivity index (χ0v) is 9.48. The van der Waals surface area contributed by atoms with E-state index >= 15 is 0 Å². The number of hydrogen-bond acceptors (Lipinski definition) is 3. The fourth-order valence-corrected chi connectivity index (χ4v) is 2.23. The standard InChI is InChI=1S/C13H17NO2/c1-16-13(15)12-8-11(9-14-12)7-10-5-3-2-4-6-10/h2-6,11-12,14H,7-9H2,1H3. The van der Waals surface area contributed by atoms with E-state index in [1.165, 1.54) is 12.7 Å². The summed E-state index contributed by atoms with van der Waals surface area (Å²) in [6.07, 6.45) is 1.91. The van der Waals surface area contributed by atoms with E-state index in [0.717, 1.165) is 19.4 Å². The van der Waals surface area contributed by atoms with Gasteiger partial charge in [0.2, 0.25) is 0 Å². The summed E-state index contributed by atoms with van der Waals surface area (Å²) in [7, 11) is 1.44. The molecule has 0 spiro atoms. The summed E-state index contributed by atoms with van der Waals surface area (Å²) in [6.45, 7) is 0.897. The summed E-state index contributed by atoms with van der Waals surface area (Å²) < 4.78 is 4.73. The van der Waals surface area contributed by atoms with E-state index in [4.69, 9.17) is 4.74 Å². The van der Waals surface area contributed by atoms with E-state index in [9.17, 15) is 4.79 Å². The Bertz CT molecular complexity index is 350. The topological polar surface area (TPSA) is 38.3 Å². The van der Waals surface area contributed by atoms with Gasteiger partial charge in [-0.1, -0.05) is 30.3 Å². The number of nitrogens with one attached hydrogen (secondary N) is 1. The van der Waals surface area contributed by atoms with Crippen LogP contribution in [0.15, 0.2) is 30.3 Å². The van der Waals surface area contributed by atoms with Crippen LogP contribution in [0.25, 0.3) is 0 Å². The number of rotatable bonds is 3. The first-order chi connectivity index (χ1) is 7.79. The van der Waals surface area contributed by atoms with Gasteiger partial charge in [-0.3, -0.25) is 4.79 Å². The third-order valence-electron chi connectivity index (χ3n) is 3.07. The van der Waals surface area contributed by atoms with Crippen LogP contribution in [-0.2, 0) is 16.0 Å². The quantitative estimate of drug-likeness (QED) is 0.780. The number of ether oxygens (including phenoxy) is 1. The molecule has 1 aromatic carbocycles. The Kier molecular flexibility index (Phi) is 3.57. The molecular weight excluding hydrogens is 202 g/mol. The maximum atomic E-state index is 11.3. The summed E-state index contributed by atoms with van der Waals surface area (Å²) in [6, 6.07) is 10.3. The minimum Gasteiger partial charge on any atom is -0.468 e. The molecule has 3 heteroatoms. The van der Waals surface area contributed by atoms with Crippen molar-refractivity contribution in [2.24, 2.45) is 5.92 Å². The van der Waals surface area contributed by atoms with Crippen molar-refractivity contribution in [2.45, 2.75) is 18.9 Å². The fourth-order valence-electron chi connectivity index (χ4n) is 2.23. The molecule has 1 aliphatic heterocycles. The third-order valence-corrected chi connectivity index (χ3v) is 3.07. The van der Waals surface area contributed by atoms with Gasteiger partial charge in [0.05, 0.1) is 7.11 Å². The summed E-state index contributed by atoms with van der Waals surface area (Å²) in [5.74, 6) is 0.391. The van der Waals surface area contributed by atoms with E-state index in [0.29, 0.717) is 5.92 Å². The van der Waals surface area contributed by atoms with Crippen LogP contribution in [0.2, 0.25) is 0 Å². The van der Waals surface area contributed by atoms with Crippen molar-refractivity contribution in [1.82, 2.24) is 5.32 Å². The van der Waals surface area contributed by atoms with Crippen LogP contribution in [0, 0.1) is 5.92 Å². The molecule has 0 aromatic heterocycles. The van der Waals surface area contributed by atoms with Gasteiger partial charge in [-0.05, 0) is 30.9 Å². The first kappa shape index (κ1) is 11.1. The number of carbonyl (C=O) groups is 1. The Morgan fingerprint density at radius 3 is 2.88 bits per heavy atom. The highest BCUT2D eigenvalue weighted by atomic mass is 16.5. The molecule has 2 atom stereocenters. The smallest absolute Gasteiger partial charge is 0.322 e. The van der Waals surface area contributed by atoms with Crippen LogP contribution in [-0.4, -0.2) is 25.7 Å². The predicted octanol–water partition coefficient (Wildman–Crippen LogP) is 1.38. The normalized spacial score (nSPS) is 24.3. The van der Waals surface area contributed by atoms with Gasteiger partial charge in [0.15, 0.2) is 0 Å². The molecule has 1 N–H and O–H groups in total. The molecule has 1 aromatic rings. The van der Waals surface area contributed by atoms with Gasteiger partial charge < -0.3 is 10.1 Å². The highest BCUT2D eigenvalue weighted by molar-refractivity contribution is 5.76. The van der Waals surface area contributed by atoms with Crippen molar-refractivity contribution in [3.8, 4) is 0 Å². The lowest BCUT2D eigenvalue weighted by atomic mass is 9.97.